The van der Waals surface area contributed by atoms with Crippen LogP contribution in [-0.2, 0) is 16.4 Å². The van der Waals surface area contributed by atoms with Crippen LogP contribution in [0.1, 0.15) is 16.7 Å². The lowest BCUT2D eigenvalue weighted by molar-refractivity contribution is 0.402. The predicted octanol–water partition coefficient (Wildman–Crippen LogP) is 2.67. The summed E-state index contributed by atoms with van der Waals surface area (Å²) in [6.45, 7) is 3.85. The van der Waals surface area contributed by atoms with Gasteiger partial charge in [0, 0.05) is 17.6 Å². The van der Waals surface area contributed by atoms with Gasteiger partial charge in [-0.15, -0.1) is 0 Å². The number of benzene rings is 2. The molecular formula is C20H22N2O4S. The van der Waals surface area contributed by atoms with E-state index in [0.29, 0.717) is 17.7 Å². The molecule has 0 aliphatic carbocycles. The molecular weight excluding hydrogens is 364 g/mol. The van der Waals surface area contributed by atoms with E-state index in [9.17, 15) is 13.2 Å². The Kier molecular flexibility index (Phi) is 5.34. The summed E-state index contributed by atoms with van der Waals surface area (Å²) in [5.74, 6) is 0.318. The van der Waals surface area contributed by atoms with Gasteiger partial charge < -0.3 is 9.72 Å². The van der Waals surface area contributed by atoms with E-state index in [4.69, 9.17) is 4.74 Å². The van der Waals surface area contributed by atoms with Crippen molar-refractivity contribution in [1.82, 2.24) is 9.71 Å². The summed E-state index contributed by atoms with van der Waals surface area (Å²) in [5.41, 5.74) is 3.13. The van der Waals surface area contributed by atoms with Gasteiger partial charge in [0.05, 0.1) is 7.11 Å². The average molecular weight is 386 g/mol. The third kappa shape index (κ3) is 4.20. The number of fused-ring (bicyclic) bond motifs is 1. The minimum Gasteiger partial charge on any atom is -0.495 e. The van der Waals surface area contributed by atoms with Crippen LogP contribution in [-0.4, -0.2) is 27.1 Å². The Bertz CT molecular complexity index is 1150. The molecule has 0 bridgehead atoms. The zero-order chi connectivity index (χ0) is 19.6. The second-order valence-electron chi connectivity index (χ2n) is 6.51. The molecule has 1 heterocycles. The van der Waals surface area contributed by atoms with E-state index in [0.717, 1.165) is 22.0 Å². The molecule has 0 aliphatic rings. The molecule has 142 valence electrons. The van der Waals surface area contributed by atoms with E-state index >= 15 is 0 Å². The number of pyridine rings is 1. The number of nitrogens with one attached hydrogen (secondary N) is 2. The lowest BCUT2D eigenvalue weighted by Gasteiger charge is -2.12. The van der Waals surface area contributed by atoms with E-state index in [1.165, 1.54) is 7.11 Å². The third-order valence-corrected chi connectivity index (χ3v) is 5.89. The van der Waals surface area contributed by atoms with Crippen molar-refractivity contribution in [1.29, 1.82) is 0 Å². The Morgan fingerprint density at radius 2 is 1.85 bits per heavy atom. The summed E-state index contributed by atoms with van der Waals surface area (Å²) in [4.78, 5) is 14.6. The second kappa shape index (κ2) is 7.54. The molecule has 0 radical (unpaired) electrons. The Balaban J connectivity index is 1.76. The average Bonchev–Trinajstić information content (AvgIpc) is 2.62. The van der Waals surface area contributed by atoms with Crippen LogP contribution in [0.4, 0.5) is 0 Å². The number of H-pyrrole nitrogens is 1. The molecule has 2 aromatic carbocycles. The van der Waals surface area contributed by atoms with Crippen molar-refractivity contribution in [2.45, 2.75) is 25.2 Å². The van der Waals surface area contributed by atoms with Gasteiger partial charge in [0.2, 0.25) is 10.0 Å². The first-order valence-electron chi connectivity index (χ1n) is 8.57. The summed E-state index contributed by atoms with van der Waals surface area (Å²) < 4.78 is 33.0. The Morgan fingerprint density at radius 3 is 2.59 bits per heavy atom. The Hall–Kier alpha value is -2.64. The molecule has 0 saturated heterocycles. The Labute approximate surface area is 158 Å². The van der Waals surface area contributed by atoms with Gasteiger partial charge in [-0.05, 0) is 67.1 Å². The first-order chi connectivity index (χ1) is 12.8. The van der Waals surface area contributed by atoms with E-state index in [2.05, 4.69) is 9.71 Å². The van der Waals surface area contributed by atoms with Crippen molar-refractivity contribution >= 4 is 20.9 Å². The largest absolute Gasteiger partial charge is 0.495 e. The van der Waals surface area contributed by atoms with E-state index in [1.807, 2.05) is 31.2 Å². The standard InChI is InChI=1S/C20H22N2O4S/c1-13-4-7-18(26-3)19(10-13)27(24,25)21-9-8-15-5-6-17-16(12-15)11-14(2)20(23)22-17/h4-7,10-12,21H,8-9H2,1-3H3,(H,22,23). The normalized spacial score (nSPS) is 11.7. The lowest BCUT2D eigenvalue weighted by atomic mass is 10.1. The molecule has 0 saturated carbocycles. The number of aryl methyl sites for hydroxylation is 2. The van der Waals surface area contributed by atoms with Crippen LogP contribution in [0.25, 0.3) is 10.9 Å². The number of hydrogen-bond donors (Lipinski definition) is 2. The van der Waals surface area contributed by atoms with E-state index < -0.39 is 10.0 Å². The predicted molar refractivity (Wildman–Crippen MR) is 106 cm³/mol. The van der Waals surface area contributed by atoms with Gasteiger partial charge in [-0.3, -0.25) is 4.79 Å². The van der Waals surface area contributed by atoms with Gasteiger partial charge in [-0.1, -0.05) is 12.1 Å². The maximum absolute atomic E-state index is 12.6. The topological polar surface area (TPSA) is 88.3 Å². The number of sulfonamides is 1. The summed E-state index contributed by atoms with van der Waals surface area (Å²) in [5, 5.41) is 0.924. The van der Waals surface area contributed by atoms with Crippen molar-refractivity contribution in [2.75, 3.05) is 13.7 Å². The summed E-state index contributed by atoms with van der Waals surface area (Å²) >= 11 is 0. The molecule has 2 N–H and O–H groups in total. The molecule has 0 fully saturated rings. The minimum absolute atomic E-state index is 0.102. The third-order valence-electron chi connectivity index (χ3n) is 4.41. The highest BCUT2D eigenvalue weighted by atomic mass is 32.2. The number of aromatic amines is 1. The van der Waals surface area contributed by atoms with Gasteiger partial charge in [-0.2, -0.15) is 0 Å². The van der Waals surface area contributed by atoms with Gasteiger partial charge in [-0.25, -0.2) is 13.1 Å². The van der Waals surface area contributed by atoms with Crippen molar-refractivity contribution in [3.8, 4) is 5.75 Å². The number of ether oxygens (including phenoxy) is 1. The fourth-order valence-corrected chi connectivity index (χ4v) is 4.21. The highest BCUT2D eigenvalue weighted by Gasteiger charge is 2.19. The molecule has 3 rings (SSSR count). The van der Waals surface area contributed by atoms with Crippen LogP contribution in [0.5, 0.6) is 5.75 Å². The number of hydrogen-bond acceptors (Lipinski definition) is 4. The van der Waals surface area contributed by atoms with Crippen molar-refractivity contribution < 1.29 is 13.2 Å². The quantitative estimate of drug-likeness (QED) is 0.682. The van der Waals surface area contributed by atoms with Gasteiger partial charge in [0.1, 0.15) is 10.6 Å². The Morgan fingerprint density at radius 1 is 1.07 bits per heavy atom. The molecule has 7 heteroatoms. The highest BCUT2D eigenvalue weighted by Crippen LogP contribution is 2.24. The van der Waals surface area contributed by atoms with Crippen LogP contribution in [0.2, 0.25) is 0 Å². The summed E-state index contributed by atoms with van der Waals surface area (Å²) in [6.07, 6.45) is 0.529. The van der Waals surface area contributed by atoms with Crippen molar-refractivity contribution in [2.24, 2.45) is 0 Å². The molecule has 6 nitrogen and oxygen atoms in total. The SMILES string of the molecule is COc1ccc(C)cc1S(=O)(=O)NCCc1ccc2[nH]c(=O)c(C)cc2c1. The zero-order valence-electron chi connectivity index (χ0n) is 15.5. The van der Waals surface area contributed by atoms with Crippen LogP contribution >= 0.6 is 0 Å². The van der Waals surface area contributed by atoms with Crippen molar-refractivity contribution in [3.05, 3.63) is 69.5 Å². The fourth-order valence-electron chi connectivity index (χ4n) is 2.92. The molecule has 1 aromatic heterocycles. The second-order valence-corrected chi connectivity index (χ2v) is 8.24. The van der Waals surface area contributed by atoms with Gasteiger partial charge in [0.25, 0.3) is 5.56 Å². The summed E-state index contributed by atoms with van der Waals surface area (Å²) in [7, 11) is -2.22. The summed E-state index contributed by atoms with van der Waals surface area (Å²) in [6, 6.07) is 12.6. The number of aromatic nitrogens is 1. The maximum atomic E-state index is 12.6. The van der Waals surface area contributed by atoms with Gasteiger partial charge >= 0.3 is 0 Å². The fraction of sp³-hybridized carbons (Fsp3) is 0.250. The lowest BCUT2D eigenvalue weighted by Crippen LogP contribution is -2.26. The molecule has 0 unspecified atom stereocenters. The first-order valence-corrected chi connectivity index (χ1v) is 10.1. The first kappa shape index (κ1) is 19.1. The minimum atomic E-state index is -3.67. The molecule has 0 amide bonds. The van der Waals surface area contributed by atoms with Crippen LogP contribution in [0.3, 0.4) is 0 Å². The molecule has 3 aromatic rings. The monoisotopic (exact) mass is 386 g/mol. The molecule has 0 atom stereocenters. The van der Waals surface area contributed by atoms with E-state index in [1.54, 1.807) is 25.1 Å². The highest BCUT2D eigenvalue weighted by molar-refractivity contribution is 7.89. The molecule has 0 spiro atoms. The number of methoxy groups -OCH3 is 1. The molecule has 27 heavy (non-hydrogen) atoms. The smallest absolute Gasteiger partial charge is 0.251 e. The zero-order valence-corrected chi connectivity index (χ0v) is 16.3. The van der Waals surface area contributed by atoms with Crippen LogP contribution in [0.15, 0.2) is 52.2 Å². The number of rotatable bonds is 6. The van der Waals surface area contributed by atoms with Crippen LogP contribution < -0.4 is 15.0 Å². The van der Waals surface area contributed by atoms with E-state index in [-0.39, 0.29) is 17.0 Å². The van der Waals surface area contributed by atoms with Crippen molar-refractivity contribution in [3.63, 3.8) is 0 Å². The maximum Gasteiger partial charge on any atom is 0.251 e. The van der Waals surface area contributed by atoms with Gasteiger partial charge in [0.15, 0.2) is 0 Å². The van der Waals surface area contributed by atoms with Crippen LogP contribution in [0, 0.1) is 13.8 Å². The molecule has 0 aliphatic heterocycles.